The number of aryl methyl sites for hydroxylation is 1. The molecule has 1 unspecified atom stereocenters. The molecular weight excluding hydrogens is 364 g/mol. The summed E-state index contributed by atoms with van der Waals surface area (Å²) in [5, 5.41) is 11.4. The van der Waals surface area contributed by atoms with Gasteiger partial charge in [-0.05, 0) is 44.0 Å². The monoisotopic (exact) mass is 392 g/mol. The lowest BCUT2D eigenvalue weighted by molar-refractivity contribution is -0.136. The highest BCUT2D eigenvalue weighted by Crippen LogP contribution is 2.43. The Morgan fingerprint density at radius 1 is 1.03 bits per heavy atom. The number of para-hydroxylation sites is 1. The van der Waals surface area contributed by atoms with Crippen LogP contribution in [0.5, 0.6) is 0 Å². The van der Waals surface area contributed by atoms with Gasteiger partial charge in [-0.15, -0.1) is 0 Å². The number of rotatable bonds is 6. The summed E-state index contributed by atoms with van der Waals surface area (Å²) in [4.78, 5) is 30.1. The molecule has 2 aromatic carbocycles. The molecule has 2 aliphatic heterocycles. The van der Waals surface area contributed by atoms with Crippen LogP contribution in [0, 0.1) is 0 Å². The molecule has 5 nitrogen and oxygen atoms in total. The number of Topliss-reactive ketones (excluding diaryl/α,β-unsaturated/α-hetero) is 1. The van der Waals surface area contributed by atoms with Crippen molar-refractivity contribution in [1.82, 2.24) is 4.90 Å². The Morgan fingerprint density at radius 3 is 2.41 bits per heavy atom. The van der Waals surface area contributed by atoms with E-state index in [0.717, 1.165) is 37.9 Å². The molecule has 4 rings (SSSR count). The van der Waals surface area contributed by atoms with Crippen molar-refractivity contribution in [2.45, 2.75) is 44.6 Å². The van der Waals surface area contributed by atoms with Crippen LogP contribution in [-0.4, -0.2) is 41.5 Å². The van der Waals surface area contributed by atoms with Gasteiger partial charge >= 0.3 is 0 Å². The predicted molar refractivity (Wildman–Crippen MR) is 113 cm³/mol. The summed E-state index contributed by atoms with van der Waals surface area (Å²) in [5.41, 5.74) is 1.10. The quantitative estimate of drug-likeness (QED) is 0.765. The van der Waals surface area contributed by atoms with Crippen LogP contribution in [0.2, 0.25) is 0 Å². The lowest BCUT2D eigenvalue weighted by Crippen LogP contribution is -2.47. The summed E-state index contributed by atoms with van der Waals surface area (Å²) in [6.07, 6.45) is 4.12. The Morgan fingerprint density at radius 2 is 1.72 bits per heavy atom. The van der Waals surface area contributed by atoms with Crippen LogP contribution in [0.15, 0.2) is 48.5 Å². The van der Waals surface area contributed by atoms with Crippen LogP contribution >= 0.6 is 0 Å². The van der Waals surface area contributed by atoms with Gasteiger partial charge in [-0.25, -0.2) is 0 Å². The zero-order chi connectivity index (χ0) is 20.4. The number of carbonyl (C=O) groups is 2. The van der Waals surface area contributed by atoms with Gasteiger partial charge in [0.15, 0.2) is 11.4 Å². The smallest absolute Gasteiger partial charge is 0.265 e. The number of benzene rings is 2. The van der Waals surface area contributed by atoms with Crippen molar-refractivity contribution >= 4 is 17.4 Å². The number of carbonyl (C=O) groups excluding carboxylic acids is 2. The summed E-state index contributed by atoms with van der Waals surface area (Å²) in [6, 6.07) is 14.7. The fourth-order valence-electron chi connectivity index (χ4n) is 4.38. The van der Waals surface area contributed by atoms with E-state index in [-0.39, 0.29) is 12.2 Å². The number of piperidine rings is 1. The van der Waals surface area contributed by atoms with E-state index in [0.29, 0.717) is 23.5 Å². The van der Waals surface area contributed by atoms with Crippen LogP contribution in [0.4, 0.5) is 5.69 Å². The minimum Gasteiger partial charge on any atom is -0.375 e. The van der Waals surface area contributed by atoms with Crippen LogP contribution in [0.3, 0.4) is 0 Å². The standard InChI is InChI=1S/C24H28N2O3/c1-2-18-10-12-19(13-11-18)22(27)16-24(29)20-8-4-5-9-21(20)26(23(24)28)17-25-14-6-3-7-15-25/h4-5,8-13,29H,2-3,6-7,14-17H2,1H3. The largest absolute Gasteiger partial charge is 0.375 e. The number of ketones is 1. The predicted octanol–water partition coefficient (Wildman–Crippen LogP) is 3.50. The normalized spacial score (nSPS) is 22.0. The molecule has 5 heteroatoms. The molecular formula is C24H28N2O3. The van der Waals surface area contributed by atoms with E-state index in [1.165, 1.54) is 6.42 Å². The zero-order valence-electron chi connectivity index (χ0n) is 16.9. The molecule has 1 N–H and O–H groups in total. The third-order valence-corrected chi connectivity index (χ3v) is 6.13. The topological polar surface area (TPSA) is 60.9 Å². The van der Waals surface area contributed by atoms with Gasteiger partial charge in [-0.3, -0.25) is 19.4 Å². The molecule has 29 heavy (non-hydrogen) atoms. The SMILES string of the molecule is CCc1ccc(C(=O)CC2(O)C(=O)N(CN3CCCCC3)c3ccccc32)cc1. The molecule has 1 atom stereocenters. The highest BCUT2D eigenvalue weighted by Gasteiger charge is 2.51. The minimum atomic E-state index is -1.81. The first-order chi connectivity index (χ1) is 14.0. The van der Waals surface area contributed by atoms with Gasteiger partial charge in [0.05, 0.1) is 18.8 Å². The van der Waals surface area contributed by atoms with Crippen molar-refractivity contribution in [3.8, 4) is 0 Å². The summed E-state index contributed by atoms with van der Waals surface area (Å²) >= 11 is 0. The van der Waals surface area contributed by atoms with E-state index < -0.39 is 11.5 Å². The van der Waals surface area contributed by atoms with Crippen LogP contribution in [0.25, 0.3) is 0 Å². The van der Waals surface area contributed by atoms with Gasteiger partial charge in [0.25, 0.3) is 5.91 Å². The molecule has 2 aromatic rings. The number of nitrogens with zero attached hydrogens (tertiary/aromatic N) is 2. The number of hydrogen-bond donors (Lipinski definition) is 1. The van der Waals surface area contributed by atoms with Gasteiger partial charge in [-0.2, -0.15) is 0 Å². The summed E-state index contributed by atoms with van der Waals surface area (Å²) in [6.45, 7) is 4.42. The molecule has 0 bridgehead atoms. The molecule has 1 fully saturated rings. The Labute approximate surface area is 171 Å². The van der Waals surface area contributed by atoms with E-state index in [1.807, 2.05) is 30.3 Å². The lowest BCUT2D eigenvalue weighted by atomic mass is 9.88. The fourth-order valence-corrected chi connectivity index (χ4v) is 4.38. The molecule has 0 saturated carbocycles. The molecule has 0 aromatic heterocycles. The Hall–Kier alpha value is -2.50. The van der Waals surface area contributed by atoms with Crippen molar-refractivity contribution < 1.29 is 14.7 Å². The maximum absolute atomic E-state index is 13.3. The average molecular weight is 392 g/mol. The van der Waals surface area contributed by atoms with Gasteiger partial charge in [0, 0.05) is 11.1 Å². The first kappa shape index (κ1) is 19.8. The van der Waals surface area contributed by atoms with Crippen molar-refractivity contribution in [1.29, 1.82) is 0 Å². The Bertz CT molecular complexity index is 903. The zero-order valence-corrected chi connectivity index (χ0v) is 16.9. The number of amides is 1. The average Bonchev–Trinajstić information content (AvgIpc) is 2.96. The van der Waals surface area contributed by atoms with Crippen molar-refractivity contribution in [3.05, 3.63) is 65.2 Å². The second-order valence-electron chi connectivity index (χ2n) is 8.08. The minimum absolute atomic E-state index is 0.224. The van der Waals surface area contributed by atoms with E-state index >= 15 is 0 Å². The van der Waals surface area contributed by atoms with Gasteiger partial charge in [0.1, 0.15) is 0 Å². The summed E-state index contributed by atoms with van der Waals surface area (Å²) in [7, 11) is 0. The number of hydrogen-bond acceptors (Lipinski definition) is 4. The van der Waals surface area contributed by atoms with Crippen molar-refractivity contribution in [3.63, 3.8) is 0 Å². The van der Waals surface area contributed by atoms with E-state index in [2.05, 4.69) is 11.8 Å². The summed E-state index contributed by atoms with van der Waals surface area (Å²) < 4.78 is 0. The molecule has 1 saturated heterocycles. The number of anilines is 1. The molecule has 2 aliphatic rings. The van der Waals surface area contributed by atoms with Gasteiger partial charge in [-0.1, -0.05) is 55.8 Å². The van der Waals surface area contributed by atoms with E-state index in [4.69, 9.17) is 0 Å². The highest BCUT2D eigenvalue weighted by atomic mass is 16.3. The first-order valence-corrected chi connectivity index (χ1v) is 10.5. The molecule has 1 amide bonds. The molecule has 2 heterocycles. The Balaban J connectivity index is 1.59. The maximum atomic E-state index is 13.3. The van der Waals surface area contributed by atoms with Crippen molar-refractivity contribution in [2.75, 3.05) is 24.7 Å². The maximum Gasteiger partial charge on any atom is 0.265 e. The van der Waals surface area contributed by atoms with E-state index in [1.54, 1.807) is 23.1 Å². The second kappa shape index (κ2) is 8.09. The van der Waals surface area contributed by atoms with Crippen LogP contribution < -0.4 is 4.90 Å². The first-order valence-electron chi connectivity index (χ1n) is 10.5. The molecule has 0 aliphatic carbocycles. The third-order valence-electron chi connectivity index (χ3n) is 6.13. The summed E-state index contributed by atoms with van der Waals surface area (Å²) in [5.74, 6) is -0.624. The highest BCUT2D eigenvalue weighted by molar-refractivity contribution is 6.10. The molecule has 0 radical (unpaired) electrons. The molecule has 152 valence electrons. The third kappa shape index (κ3) is 3.72. The van der Waals surface area contributed by atoms with Gasteiger partial charge in [0.2, 0.25) is 0 Å². The number of aliphatic hydroxyl groups is 1. The van der Waals surface area contributed by atoms with Crippen LogP contribution in [-0.2, 0) is 16.8 Å². The van der Waals surface area contributed by atoms with Crippen molar-refractivity contribution in [2.24, 2.45) is 0 Å². The number of fused-ring (bicyclic) bond motifs is 1. The lowest BCUT2D eigenvalue weighted by Gasteiger charge is -2.31. The van der Waals surface area contributed by atoms with Crippen LogP contribution in [0.1, 0.15) is 54.1 Å². The fraction of sp³-hybridized carbons (Fsp3) is 0.417. The Kier molecular flexibility index (Phi) is 5.52. The van der Waals surface area contributed by atoms with E-state index in [9.17, 15) is 14.7 Å². The molecule has 0 spiro atoms. The van der Waals surface area contributed by atoms with Gasteiger partial charge < -0.3 is 5.11 Å². The number of likely N-dealkylation sites (tertiary alicyclic amines) is 1. The second-order valence-corrected chi connectivity index (χ2v) is 8.08.